The molecule has 0 amide bonds. The molecule has 2 rings (SSSR count). The lowest BCUT2D eigenvalue weighted by Crippen LogP contribution is -2.09. The van der Waals surface area contributed by atoms with E-state index in [1.54, 1.807) is 18.2 Å². The SMILES string of the molecule is CCc1[c]c(C)cc(C(=O)OC)c1-c1c(C)cc([N+](=O)[O-])cc1CC. The Labute approximate surface area is 147 Å². The fourth-order valence-electron chi connectivity index (χ4n) is 3.19. The van der Waals surface area contributed by atoms with Crippen LogP contribution in [0.5, 0.6) is 0 Å². The standard InChI is InChI=1S/C20H22NO4/c1-6-14-8-12(3)9-17(20(22)25-5)19(14)18-13(4)10-16(21(23)24)11-15(18)7-2/h9-11H,6-7H2,1-5H3. The van der Waals surface area contributed by atoms with Crippen molar-refractivity contribution in [2.75, 3.05) is 7.11 Å². The van der Waals surface area contributed by atoms with Gasteiger partial charge in [0.15, 0.2) is 0 Å². The maximum absolute atomic E-state index is 12.4. The van der Waals surface area contributed by atoms with E-state index in [0.29, 0.717) is 18.4 Å². The molecule has 0 aliphatic rings. The van der Waals surface area contributed by atoms with E-state index < -0.39 is 5.97 Å². The van der Waals surface area contributed by atoms with E-state index in [2.05, 4.69) is 6.07 Å². The molecule has 0 unspecified atom stereocenters. The number of nitro groups is 1. The zero-order valence-electron chi connectivity index (χ0n) is 15.2. The van der Waals surface area contributed by atoms with Crippen LogP contribution in [0.2, 0.25) is 0 Å². The number of hydrogen-bond donors (Lipinski definition) is 0. The molecule has 2 aromatic carbocycles. The molecule has 0 fully saturated rings. The Morgan fingerprint density at radius 2 is 1.84 bits per heavy atom. The lowest BCUT2D eigenvalue weighted by molar-refractivity contribution is -0.384. The molecular formula is C20H22NO4. The summed E-state index contributed by atoms with van der Waals surface area (Å²) < 4.78 is 4.97. The second-order valence-electron chi connectivity index (χ2n) is 5.97. The molecule has 0 saturated carbocycles. The van der Waals surface area contributed by atoms with Gasteiger partial charge in [0.05, 0.1) is 17.6 Å². The molecule has 0 saturated heterocycles. The number of methoxy groups -OCH3 is 1. The van der Waals surface area contributed by atoms with Gasteiger partial charge in [0.25, 0.3) is 5.69 Å². The maximum atomic E-state index is 12.4. The largest absolute Gasteiger partial charge is 0.465 e. The van der Waals surface area contributed by atoms with Gasteiger partial charge in [-0.1, -0.05) is 13.8 Å². The van der Waals surface area contributed by atoms with Crippen molar-refractivity contribution >= 4 is 11.7 Å². The molecule has 25 heavy (non-hydrogen) atoms. The monoisotopic (exact) mass is 340 g/mol. The molecule has 2 aromatic rings. The van der Waals surface area contributed by atoms with E-state index in [1.165, 1.54) is 7.11 Å². The van der Waals surface area contributed by atoms with E-state index in [-0.39, 0.29) is 10.6 Å². The van der Waals surface area contributed by atoms with Gasteiger partial charge >= 0.3 is 5.97 Å². The van der Waals surface area contributed by atoms with Crippen LogP contribution >= 0.6 is 0 Å². The molecule has 0 heterocycles. The topological polar surface area (TPSA) is 69.4 Å². The third-order valence-electron chi connectivity index (χ3n) is 4.28. The predicted molar refractivity (Wildman–Crippen MR) is 96.9 cm³/mol. The molecular weight excluding hydrogens is 318 g/mol. The van der Waals surface area contributed by atoms with Crippen molar-refractivity contribution in [2.45, 2.75) is 40.5 Å². The highest BCUT2D eigenvalue weighted by atomic mass is 16.6. The lowest BCUT2D eigenvalue weighted by atomic mass is 9.85. The summed E-state index contributed by atoms with van der Waals surface area (Å²) in [4.78, 5) is 23.2. The number of nitrogens with zero attached hydrogens (tertiary/aromatic N) is 1. The molecule has 5 nitrogen and oxygen atoms in total. The Bertz CT molecular complexity index is 840. The average molecular weight is 340 g/mol. The van der Waals surface area contributed by atoms with Crippen LogP contribution < -0.4 is 0 Å². The highest BCUT2D eigenvalue weighted by Gasteiger charge is 2.23. The average Bonchev–Trinajstić information content (AvgIpc) is 2.59. The molecule has 0 spiro atoms. The van der Waals surface area contributed by atoms with E-state index in [9.17, 15) is 14.9 Å². The van der Waals surface area contributed by atoms with E-state index in [1.807, 2.05) is 27.7 Å². The predicted octanol–water partition coefficient (Wildman–Crippen LogP) is 4.59. The van der Waals surface area contributed by atoms with Crippen LogP contribution in [0.4, 0.5) is 5.69 Å². The third kappa shape index (κ3) is 3.55. The molecule has 1 radical (unpaired) electrons. The number of nitro benzene ring substituents is 1. The first-order chi connectivity index (χ1) is 11.8. The first kappa shape index (κ1) is 18.6. The minimum atomic E-state index is -0.415. The first-order valence-corrected chi connectivity index (χ1v) is 8.26. The van der Waals surface area contributed by atoms with Crippen LogP contribution in [0.15, 0.2) is 18.2 Å². The van der Waals surface area contributed by atoms with Crippen LogP contribution in [-0.4, -0.2) is 18.0 Å². The van der Waals surface area contributed by atoms with Crippen molar-refractivity contribution in [2.24, 2.45) is 0 Å². The van der Waals surface area contributed by atoms with Gasteiger partial charge in [-0.05, 0) is 66.6 Å². The van der Waals surface area contributed by atoms with Gasteiger partial charge in [-0.3, -0.25) is 10.1 Å². The number of non-ortho nitro benzene ring substituents is 1. The second kappa shape index (κ2) is 7.47. The third-order valence-corrected chi connectivity index (χ3v) is 4.28. The Kier molecular flexibility index (Phi) is 5.57. The van der Waals surface area contributed by atoms with Gasteiger partial charge in [0.2, 0.25) is 0 Å². The van der Waals surface area contributed by atoms with Crippen LogP contribution in [0, 0.1) is 30.0 Å². The quantitative estimate of drug-likeness (QED) is 0.453. The van der Waals surface area contributed by atoms with Gasteiger partial charge in [0.1, 0.15) is 0 Å². The molecule has 131 valence electrons. The van der Waals surface area contributed by atoms with Gasteiger partial charge in [0, 0.05) is 17.7 Å². The number of hydrogen-bond acceptors (Lipinski definition) is 4. The Morgan fingerprint density at radius 1 is 1.16 bits per heavy atom. The minimum absolute atomic E-state index is 0.0619. The van der Waals surface area contributed by atoms with Crippen LogP contribution in [0.25, 0.3) is 11.1 Å². The second-order valence-corrected chi connectivity index (χ2v) is 5.97. The summed E-state index contributed by atoms with van der Waals surface area (Å²) in [6.07, 6.45) is 1.32. The highest BCUT2D eigenvalue weighted by molar-refractivity contribution is 5.99. The summed E-state index contributed by atoms with van der Waals surface area (Å²) in [5.74, 6) is -0.415. The molecule has 0 aromatic heterocycles. The number of carbonyl (C=O) groups excluding carboxylic acids is 1. The minimum Gasteiger partial charge on any atom is -0.465 e. The fraction of sp³-hybridized carbons (Fsp3) is 0.350. The van der Waals surface area contributed by atoms with Crippen molar-refractivity contribution in [1.82, 2.24) is 0 Å². The summed E-state index contributed by atoms with van der Waals surface area (Å²) in [5, 5.41) is 11.2. The van der Waals surface area contributed by atoms with Crippen LogP contribution in [0.1, 0.15) is 46.5 Å². The first-order valence-electron chi connectivity index (χ1n) is 8.26. The molecule has 0 aliphatic carbocycles. The van der Waals surface area contributed by atoms with Crippen LogP contribution in [-0.2, 0) is 17.6 Å². The van der Waals surface area contributed by atoms with Crippen molar-refractivity contribution in [3.05, 3.63) is 62.2 Å². The number of ether oxygens (including phenoxy) is 1. The summed E-state index contributed by atoms with van der Waals surface area (Å²) in [5.41, 5.74) is 5.54. The summed E-state index contributed by atoms with van der Waals surface area (Å²) in [7, 11) is 1.35. The van der Waals surface area contributed by atoms with Crippen molar-refractivity contribution < 1.29 is 14.5 Å². The highest BCUT2D eigenvalue weighted by Crippen LogP contribution is 2.37. The zero-order valence-corrected chi connectivity index (χ0v) is 15.2. The Balaban J connectivity index is 2.90. The van der Waals surface area contributed by atoms with Gasteiger partial charge in [-0.2, -0.15) is 0 Å². The molecule has 0 aliphatic heterocycles. The molecule has 5 heteroatoms. The summed E-state index contributed by atoms with van der Waals surface area (Å²) in [6, 6.07) is 8.22. The number of aryl methyl sites for hydroxylation is 4. The lowest BCUT2D eigenvalue weighted by Gasteiger charge is -2.19. The van der Waals surface area contributed by atoms with E-state index in [4.69, 9.17) is 4.74 Å². The van der Waals surface area contributed by atoms with Crippen molar-refractivity contribution in [3.63, 3.8) is 0 Å². The zero-order chi connectivity index (χ0) is 18.7. The van der Waals surface area contributed by atoms with Crippen molar-refractivity contribution in [3.8, 4) is 11.1 Å². The van der Waals surface area contributed by atoms with E-state index >= 15 is 0 Å². The maximum Gasteiger partial charge on any atom is 0.338 e. The smallest absolute Gasteiger partial charge is 0.338 e. The number of benzene rings is 2. The summed E-state index contributed by atoms with van der Waals surface area (Å²) >= 11 is 0. The van der Waals surface area contributed by atoms with Gasteiger partial charge in [-0.25, -0.2) is 4.79 Å². The van der Waals surface area contributed by atoms with Gasteiger partial charge < -0.3 is 4.74 Å². The Hall–Kier alpha value is -2.69. The molecule has 0 bridgehead atoms. The number of carbonyl (C=O) groups is 1. The van der Waals surface area contributed by atoms with Crippen molar-refractivity contribution in [1.29, 1.82) is 0 Å². The number of esters is 1. The van der Waals surface area contributed by atoms with E-state index in [0.717, 1.165) is 33.4 Å². The molecule has 0 N–H and O–H groups in total. The number of rotatable bonds is 5. The normalized spacial score (nSPS) is 10.6. The van der Waals surface area contributed by atoms with Crippen LogP contribution in [0.3, 0.4) is 0 Å². The summed E-state index contributed by atoms with van der Waals surface area (Å²) in [6.45, 7) is 7.67. The van der Waals surface area contributed by atoms with Gasteiger partial charge in [-0.15, -0.1) is 0 Å². The molecule has 0 atom stereocenters. The Morgan fingerprint density at radius 3 is 2.36 bits per heavy atom. The fourth-order valence-corrected chi connectivity index (χ4v) is 3.19.